The maximum Gasteiger partial charge on any atom is 0.0919 e. The summed E-state index contributed by atoms with van der Waals surface area (Å²) >= 11 is 0. The average Bonchev–Trinajstić information content (AvgIpc) is 2.79. The van der Waals surface area contributed by atoms with E-state index in [1.54, 1.807) is 0 Å². The number of nitrogens with one attached hydrogen (secondary N) is 1. The van der Waals surface area contributed by atoms with Gasteiger partial charge in [0.1, 0.15) is 0 Å². The van der Waals surface area contributed by atoms with Gasteiger partial charge in [0.25, 0.3) is 0 Å². The Hall–Kier alpha value is -1.68. The van der Waals surface area contributed by atoms with Gasteiger partial charge in [-0.1, -0.05) is 6.92 Å². The number of aromatic nitrogens is 3. The van der Waals surface area contributed by atoms with Gasteiger partial charge in [0.2, 0.25) is 0 Å². The Labute approximate surface area is 108 Å². The first-order valence-electron chi connectivity index (χ1n) is 6.37. The van der Waals surface area contributed by atoms with Crippen LogP contribution in [0.25, 0.3) is 0 Å². The third-order valence-corrected chi connectivity index (χ3v) is 3.00. The molecule has 0 aliphatic rings. The van der Waals surface area contributed by atoms with E-state index in [1.807, 2.05) is 30.2 Å². The molecule has 4 heteroatoms. The Bertz CT molecular complexity index is 504. The lowest BCUT2D eigenvalue weighted by molar-refractivity contribution is 0.529. The first-order valence-corrected chi connectivity index (χ1v) is 6.37. The van der Waals surface area contributed by atoms with E-state index in [9.17, 15) is 0 Å². The van der Waals surface area contributed by atoms with Gasteiger partial charge in [-0.3, -0.25) is 9.67 Å². The van der Waals surface area contributed by atoms with Crippen molar-refractivity contribution in [2.45, 2.75) is 32.9 Å². The van der Waals surface area contributed by atoms with E-state index in [1.165, 1.54) is 5.56 Å². The van der Waals surface area contributed by atoms with Crippen LogP contribution in [-0.4, -0.2) is 21.8 Å². The van der Waals surface area contributed by atoms with Crippen LogP contribution >= 0.6 is 0 Å². The highest BCUT2D eigenvalue weighted by atomic mass is 15.3. The molecule has 0 radical (unpaired) electrons. The number of aryl methyl sites for hydroxylation is 2. The number of pyridine rings is 1. The van der Waals surface area contributed by atoms with E-state index >= 15 is 0 Å². The monoisotopic (exact) mass is 244 g/mol. The fourth-order valence-corrected chi connectivity index (χ4v) is 2.15. The van der Waals surface area contributed by atoms with E-state index in [2.05, 4.69) is 41.4 Å². The Morgan fingerprint density at radius 3 is 2.83 bits per heavy atom. The Balaban J connectivity index is 2.36. The van der Waals surface area contributed by atoms with E-state index < -0.39 is 0 Å². The predicted molar refractivity (Wildman–Crippen MR) is 72.4 cm³/mol. The summed E-state index contributed by atoms with van der Waals surface area (Å²) in [6, 6.07) is 6.28. The van der Waals surface area contributed by atoms with Crippen LogP contribution in [0.15, 0.2) is 30.6 Å². The van der Waals surface area contributed by atoms with Crippen molar-refractivity contribution in [1.29, 1.82) is 0 Å². The third-order valence-electron chi connectivity index (χ3n) is 3.00. The maximum absolute atomic E-state index is 4.46. The molecule has 2 rings (SSSR count). The zero-order valence-electron chi connectivity index (χ0n) is 11.2. The van der Waals surface area contributed by atoms with E-state index in [0.717, 1.165) is 24.4 Å². The minimum atomic E-state index is 0.0962. The van der Waals surface area contributed by atoms with Gasteiger partial charge in [0.15, 0.2) is 0 Å². The highest BCUT2D eigenvalue weighted by Gasteiger charge is 2.17. The van der Waals surface area contributed by atoms with Gasteiger partial charge in [-0.25, -0.2) is 0 Å². The molecule has 96 valence electrons. The van der Waals surface area contributed by atoms with Crippen molar-refractivity contribution in [2.75, 3.05) is 7.05 Å². The molecule has 2 aromatic heterocycles. The molecule has 0 aromatic carbocycles. The van der Waals surface area contributed by atoms with Crippen LogP contribution in [0.3, 0.4) is 0 Å². The Kier molecular flexibility index (Phi) is 4.10. The predicted octanol–water partition coefficient (Wildman–Crippen LogP) is 2.31. The number of hydrogen-bond acceptors (Lipinski definition) is 3. The molecule has 0 bridgehead atoms. The van der Waals surface area contributed by atoms with Gasteiger partial charge in [-0.15, -0.1) is 0 Å². The van der Waals surface area contributed by atoms with E-state index in [0.29, 0.717) is 0 Å². The smallest absolute Gasteiger partial charge is 0.0919 e. The van der Waals surface area contributed by atoms with Crippen molar-refractivity contribution >= 4 is 0 Å². The van der Waals surface area contributed by atoms with Gasteiger partial charge >= 0.3 is 0 Å². The molecule has 1 unspecified atom stereocenters. The summed E-state index contributed by atoms with van der Waals surface area (Å²) < 4.78 is 2.05. The third kappa shape index (κ3) is 2.59. The molecule has 2 heterocycles. The molecule has 18 heavy (non-hydrogen) atoms. The van der Waals surface area contributed by atoms with Crippen molar-refractivity contribution in [3.05, 3.63) is 47.5 Å². The van der Waals surface area contributed by atoms with Gasteiger partial charge in [0.05, 0.1) is 17.4 Å². The number of hydrogen-bond donors (Lipinski definition) is 1. The van der Waals surface area contributed by atoms with Gasteiger partial charge in [-0.05, 0) is 44.2 Å². The molecular formula is C14H20N4. The normalized spacial score (nSPS) is 12.6. The molecule has 0 aliphatic carbocycles. The van der Waals surface area contributed by atoms with Gasteiger partial charge in [-0.2, -0.15) is 5.10 Å². The SMILES string of the molecule is CCCn1nccc1C(NC)c1cc(C)ccn1. The van der Waals surface area contributed by atoms with Crippen molar-refractivity contribution in [3.8, 4) is 0 Å². The highest BCUT2D eigenvalue weighted by Crippen LogP contribution is 2.20. The molecule has 0 saturated carbocycles. The Morgan fingerprint density at radius 1 is 1.33 bits per heavy atom. The van der Waals surface area contributed by atoms with Crippen molar-refractivity contribution in [3.63, 3.8) is 0 Å². The molecule has 2 aromatic rings. The summed E-state index contributed by atoms with van der Waals surface area (Å²) in [5.41, 5.74) is 3.43. The lowest BCUT2D eigenvalue weighted by atomic mass is 10.1. The molecule has 0 amide bonds. The van der Waals surface area contributed by atoms with Crippen molar-refractivity contribution < 1.29 is 0 Å². The van der Waals surface area contributed by atoms with Crippen LogP contribution in [0.1, 0.15) is 36.3 Å². The summed E-state index contributed by atoms with van der Waals surface area (Å²) in [4.78, 5) is 4.46. The standard InChI is InChI=1S/C14H20N4/c1-4-9-18-13(6-8-17-18)14(15-3)12-10-11(2)5-7-16-12/h5-8,10,14-15H,4,9H2,1-3H3. The van der Waals surface area contributed by atoms with Gasteiger partial charge in [0, 0.05) is 18.9 Å². The molecule has 0 fully saturated rings. The fraction of sp³-hybridized carbons (Fsp3) is 0.429. The average molecular weight is 244 g/mol. The zero-order valence-corrected chi connectivity index (χ0v) is 11.2. The zero-order chi connectivity index (χ0) is 13.0. The van der Waals surface area contributed by atoms with Crippen molar-refractivity contribution in [1.82, 2.24) is 20.1 Å². The van der Waals surface area contributed by atoms with Crippen LogP contribution in [0.2, 0.25) is 0 Å². The van der Waals surface area contributed by atoms with E-state index in [-0.39, 0.29) is 6.04 Å². The van der Waals surface area contributed by atoms with Crippen LogP contribution in [-0.2, 0) is 6.54 Å². The molecule has 0 spiro atoms. The van der Waals surface area contributed by atoms with Gasteiger partial charge < -0.3 is 5.32 Å². The first kappa shape index (κ1) is 12.8. The molecule has 0 aliphatic heterocycles. The summed E-state index contributed by atoms with van der Waals surface area (Å²) in [6.45, 7) is 5.18. The van der Waals surface area contributed by atoms with Crippen LogP contribution in [0.5, 0.6) is 0 Å². The second-order valence-corrected chi connectivity index (χ2v) is 4.46. The summed E-state index contributed by atoms with van der Waals surface area (Å²) in [7, 11) is 1.96. The number of rotatable bonds is 5. The van der Waals surface area contributed by atoms with Crippen LogP contribution in [0.4, 0.5) is 0 Å². The molecule has 1 atom stereocenters. The highest BCUT2D eigenvalue weighted by molar-refractivity contribution is 5.24. The topological polar surface area (TPSA) is 42.7 Å². The molecule has 0 saturated heterocycles. The molecular weight excluding hydrogens is 224 g/mol. The summed E-state index contributed by atoms with van der Waals surface area (Å²) in [5, 5.41) is 7.70. The second-order valence-electron chi connectivity index (χ2n) is 4.46. The maximum atomic E-state index is 4.46. The number of nitrogens with zero attached hydrogens (tertiary/aromatic N) is 3. The Morgan fingerprint density at radius 2 is 2.17 bits per heavy atom. The lowest BCUT2D eigenvalue weighted by Gasteiger charge is -2.17. The lowest BCUT2D eigenvalue weighted by Crippen LogP contribution is -2.22. The van der Waals surface area contributed by atoms with Crippen molar-refractivity contribution in [2.24, 2.45) is 0 Å². The first-order chi connectivity index (χ1) is 8.76. The van der Waals surface area contributed by atoms with E-state index in [4.69, 9.17) is 0 Å². The van der Waals surface area contributed by atoms with Crippen LogP contribution < -0.4 is 5.32 Å². The molecule has 1 N–H and O–H groups in total. The largest absolute Gasteiger partial charge is 0.307 e. The quantitative estimate of drug-likeness (QED) is 0.877. The molecule has 4 nitrogen and oxygen atoms in total. The minimum Gasteiger partial charge on any atom is -0.307 e. The second kappa shape index (κ2) is 5.78. The fourth-order valence-electron chi connectivity index (χ4n) is 2.15. The summed E-state index contributed by atoms with van der Waals surface area (Å²) in [5.74, 6) is 0. The van der Waals surface area contributed by atoms with Crippen LogP contribution in [0, 0.1) is 6.92 Å². The summed E-state index contributed by atoms with van der Waals surface area (Å²) in [6.07, 6.45) is 4.78. The minimum absolute atomic E-state index is 0.0962.